The number of aryl methyl sites for hydroxylation is 1. The molecule has 0 N–H and O–H groups in total. The molecule has 3 nitrogen and oxygen atoms in total. The maximum absolute atomic E-state index is 8.97. The normalized spacial score (nSPS) is 9.75. The molecule has 0 saturated carbocycles. The van der Waals surface area contributed by atoms with Gasteiger partial charge in [-0.1, -0.05) is 11.8 Å². The van der Waals surface area contributed by atoms with Crippen molar-refractivity contribution in [3.63, 3.8) is 0 Å². The van der Waals surface area contributed by atoms with Crippen LogP contribution >= 0.6 is 11.8 Å². The van der Waals surface area contributed by atoms with Crippen molar-refractivity contribution in [3.8, 4) is 6.07 Å². The van der Waals surface area contributed by atoms with E-state index in [0.29, 0.717) is 5.56 Å². The number of rotatable bonds is 2. The Morgan fingerprint density at radius 2 is 1.94 bits per heavy atom. The van der Waals surface area contributed by atoms with Crippen molar-refractivity contribution >= 4 is 11.8 Å². The van der Waals surface area contributed by atoms with Crippen LogP contribution in [0, 0.1) is 18.3 Å². The summed E-state index contributed by atoms with van der Waals surface area (Å²) in [5.41, 5.74) is 1.52. The highest BCUT2D eigenvalue weighted by Gasteiger charge is 2.05. The van der Waals surface area contributed by atoms with Gasteiger partial charge in [0, 0.05) is 23.0 Å². The second kappa shape index (κ2) is 4.77. The summed E-state index contributed by atoms with van der Waals surface area (Å²) in [7, 11) is 0. The number of nitrogens with zero attached hydrogens (tertiary/aromatic N) is 3. The number of pyridine rings is 2. The Morgan fingerprint density at radius 3 is 2.62 bits per heavy atom. The van der Waals surface area contributed by atoms with Gasteiger partial charge in [-0.05, 0) is 31.2 Å². The summed E-state index contributed by atoms with van der Waals surface area (Å²) in [4.78, 5) is 9.34. The summed E-state index contributed by atoms with van der Waals surface area (Å²) in [6.07, 6.45) is 3.45. The molecule has 2 rings (SSSR count). The molecule has 0 aromatic carbocycles. The molecule has 0 saturated heterocycles. The molecule has 2 heterocycles. The molecule has 2 aromatic rings. The SMILES string of the molecule is Cc1ccc(C#N)c(Sc2ccncc2)n1. The van der Waals surface area contributed by atoms with Crippen molar-refractivity contribution in [2.75, 3.05) is 0 Å². The lowest BCUT2D eigenvalue weighted by Crippen LogP contribution is -1.89. The van der Waals surface area contributed by atoms with E-state index in [1.807, 2.05) is 25.1 Å². The van der Waals surface area contributed by atoms with E-state index < -0.39 is 0 Å². The summed E-state index contributed by atoms with van der Waals surface area (Å²) >= 11 is 1.48. The van der Waals surface area contributed by atoms with Crippen LogP contribution in [0.4, 0.5) is 0 Å². The maximum Gasteiger partial charge on any atom is 0.119 e. The van der Waals surface area contributed by atoms with Gasteiger partial charge in [0.25, 0.3) is 0 Å². The minimum atomic E-state index is 0.604. The molecular formula is C12H9N3S. The Kier molecular flexibility index (Phi) is 3.18. The molecule has 0 spiro atoms. The molecule has 0 unspecified atom stereocenters. The monoisotopic (exact) mass is 227 g/mol. The van der Waals surface area contributed by atoms with Crippen LogP contribution in [0.3, 0.4) is 0 Å². The summed E-state index contributed by atoms with van der Waals surface area (Å²) in [5, 5.41) is 9.72. The first kappa shape index (κ1) is 10.7. The molecule has 2 aromatic heterocycles. The Bertz CT molecular complexity index is 532. The minimum absolute atomic E-state index is 0.604. The van der Waals surface area contributed by atoms with Crippen molar-refractivity contribution in [1.82, 2.24) is 9.97 Å². The average Bonchev–Trinajstić information content (AvgIpc) is 2.31. The Balaban J connectivity index is 2.35. The van der Waals surface area contributed by atoms with E-state index in [0.717, 1.165) is 15.6 Å². The highest BCUT2D eigenvalue weighted by Crippen LogP contribution is 2.28. The number of hydrogen-bond donors (Lipinski definition) is 0. The van der Waals surface area contributed by atoms with Crippen molar-refractivity contribution in [3.05, 3.63) is 47.9 Å². The molecular weight excluding hydrogens is 218 g/mol. The molecule has 0 fully saturated rings. The molecule has 4 heteroatoms. The maximum atomic E-state index is 8.97. The lowest BCUT2D eigenvalue weighted by Gasteiger charge is -2.03. The molecule has 0 radical (unpaired) electrons. The van der Waals surface area contributed by atoms with Crippen LogP contribution in [-0.4, -0.2) is 9.97 Å². The van der Waals surface area contributed by atoms with Gasteiger partial charge in [-0.3, -0.25) is 4.98 Å². The van der Waals surface area contributed by atoms with Gasteiger partial charge >= 0.3 is 0 Å². The first-order valence-corrected chi connectivity index (χ1v) is 5.57. The fourth-order valence-corrected chi connectivity index (χ4v) is 2.11. The van der Waals surface area contributed by atoms with Crippen LogP contribution < -0.4 is 0 Å². The molecule has 0 aliphatic carbocycles. The van der Waals surface area contributed by atoms with Crippen LogP contribution in [-0.2, 0) is 0 Å². The Hall–Kier alpha value is -1.86. The molecule has 16 heavy (non-hydrogen) atoms. The third kappa shape index (κ3) is 2.38. The third-order valence-electron chi connectivity index (χ3n) is 1.98. The van der Waals surface area contributed by atoms with Crippen LogP contribution in [0.25, 0.3) is 0 Å². The highest BCUT2D eigenvalue weighted by atomic mass is 32.2. The minimum Gasteiger partial charge on any atom is -0.265 e. The van der Waals surface area contributed by atoms with Crippen molar-refractivity contribution in [2.45, 2.75) is 16.8 Å². The molecule has 0 aliphatic rings. The van der Waals surface area contributed by atoms with Gasteiger partial charge in [0.2, 0.25) is 0 Å². The summed E-state index contributed by atoms with van der Waals surface area (Å²) in [6.45, 7) is 1.91. The quantitative estimate of drug-likeness (QED) is 0.791. The Labute approximate surface area is 98.2 Å². The van der Waals surface area contributed by atoms with Crippen LogP contribution in [0.1, 0.15) is 11.3 Å². The van der Waals surface area contributed by atoms with Gasteiger partial charge in [-0.25, -0.2) is 4.98 Å². The topological polar surface area (TPSA) is 49.6 Å². The predicted octanol–water partition coefficient (Wildman–Crippen LogP) is 2.81. The Morgan fingerprint density at radius 1 is 1.19 bits per heavy atom. The van der Waals surface area contributed by atoms with Crippen LogP contribution in [0.15, 0.2) is 46.6 Å². The van der Waals surface area contributed by atoms with Crippen molar-refractivity contribution in [1.29, 1.82) is 5.26 Å². The van der Waals surface area contributed by atoms with Gasteiger partial charge in [0.15, 0.2) is 0 Å². The molecule has 0 amide bonds. The zero-order chi connectivity index (χ0) is 11.4. The number of hydrogen-bond acceptors (Lipinski definition) is 4. The predicted molar refractivity (Wildman–Crippen MR) is 62.0 cm³/mol. The van der Waals surface area contributed by atoms with Gasteiger partial charge in [0.05, 0.1) is 5.56 Å². The summed E-state index contributed by atoms with van der Waals surface area (Å²) < 4.78 is 0. The fourth-order valence-electron chi connectivity index (χ4n) is 1.21. The van der Waals surface area contributed by atoms with Crippen LogP contribution in [0.2, 0.25) is 0 Å². The molecule has 78 valence electrons. The van der Waals surface area contributed by atoms with Gasteiger partial charge in [-0.2, -0.15) is 5.26 Å². The van der Waals surface area contributed by atoms with E-state index in [4.69, 9.17) is 5.26 Å². The van der Waals surface area contributed by atoms with E-state index in [2.05, 4.69) is 16.0 Å². The van der Waals surface area contributed by atoms with Gasteiger partial charge in [-0.15, -0.1) is 0 Å². The van der Waals surface area contributed by atoms with Crippen molar-refractivity contribution < 1.29 is 0 Å². The van der Waals surface area contributed by atoms with Gasteiger partial charge < -0.3 is 0 Å². The van der Waals surface area contributed by atoms with E-state index in [1.54, 1.807) is 18.5 Å². The molecule has 0 bridgehead atoms. The largest absolute Gasteiger partial charge is 0.265 e. The van der Waals surface area contributed by atoms with E-state index in [9.17, 15) is 0 Å². The second-order valence-electron chi connectivity index (χ2n) is 3.20. The van der Waals surface area contributed by atoms with Gasteiger partial charge in [0.1, 0.15) is 11.1 Å². The number of aromatic nitrogens is 2. The zero-order valence-corrected chi connectivity index (χ0v) is 9.53. The second-order valence-corrected chi connectivity index (χ2v) is 4.26. The summed E-state index contributed by atoms with van der Waals surface area (Å²) in [6, 6.07) is 9.58. The standard InChI is InChI=1S/C12H9N3S/c1-9-2-3-10(8-13)12(15-9)16-11-4-6-14-7-5-11/h2-7H,1H3. The van der Waals surface area contributed by atoms with Crippen LogP contribution in [0.5, 0.6) is 0 Å². The summed E-state index contributed by atoms with van der Waals surface area (Å²) in [5.74, 6) is 0. The highest BCUT2D eigenvalue weighted by molar-refractivity contribution is 7.99. The first-order chi connectivity index (χ1) is 7.79. The van der Waals surface area contributed by atoms with E-state index in [1.165, 1.54) is 11.8 Å². The van der Waals surface area contributed by atoms with Crippen molar-refractivity contribution in [2.24, 2.45) is 0 Å². The molecule has 0 aliphatic heterocycles. The lowest BCUT2D eigenvalue weighted by atomic mass is 10.3. The lowest BCUT2D eigenvalue weighted by molar-refractivity contribution is 1.05. The van der Waals surface area contributed by atoms with E-state index >= 15 is 0 Å². The smallest absolute Gasteiger partial charge is 0.119 e. The fraction of sp³-hybridized carbons (Fsp3) is 0.0833. The number of nitriles is 1. The van der Waals surface area contributed by atoms with E-state index in [-0.39, 0.29) is 0 Å². The average molecular weight is 227 g/mol. The third-order valence-corrected chi connectivity index (χ3v) is 3.00. The zero-order valence-electron chi connectivity index (χ0n) is 8.71. The molecule has 0 atom stereocenters. The first-order valence-electron chi connectivity index (χ1n) is 4.75.